The van der Waals surface area contributed by atoms with Gasteiger partial charge in [-0.15, -0.1) is 11.3 Å². The van der Waals surface area contributed by atoms with Crippen LogP contribution in [-0.4, -0.2) is 11.7 Å². The largest absolute Gasteiger partial charge is 0.293 e. The Morgan fingerprint density at radius 3 is 2.84 bits per heavy atom. The minimum atomic E-state index is -2.56. The summed E-state index contributed by atoms with van der Waals surface area (Å²) in [7, 11) is 0. The highest BCUT2D eigenvalue weighted by atomic mass is 32.1. The topological polar surface area (TPSA) is 17.1 Å². The molecular formula is C15H14F2OS. The fourth-order valence-corrected chi connectivity index (χ4v) is 3.71. The standard InChI is InChI=1S/C15H14F2OS/c16-15(17)6-5-10(9-15)7-12(18)14-8-11-3-1-2-4-13(11)19-14/h1-4,8,10H,5-7,9H2. The van der Waals surface area contributed by atoms with Crippen molar-refractivity contribution in [3.05, 3.63) is 35.2 Å². The zero-order valence-electron chi connectivity index (χ0n) is 10.4. The number of alkyl halides is 2. The average Bonchev–Trinajstić information content (AvgIpc) is 2.92. The third-order valence-electron chi connectivity index (χ3n) is 3.68. The first-order valence-corrected chi connectivity index (χ1v) is 7.25. The SMILES string of the molecule is O=C(CC1CCC(F)(F)C1)c1cc2ccccc2s1. The molecule has 3 rings (SSSR count). The van der Waals surface area contributed by atoms with Gasteiger partial charge < -0.3 is 0 Å². The normalized spacial score (nSPS) is 21.9. The van der Waals surface area contributed by atoms with Gasteiger partial charge in [-0.1, -0.05) is 18.2 Å². The van der Waals surface area contributed by atoms with Crippen molar-refractivity contribution in [2.24, 2.45) is 5.92 Å². The maximum Gasteiger partial charge on any atom is 0.248 e. The molecule has 1 aliphatic rings. The summed E-state index contributed by atoms with van der Waals surface area (Å²) in [6.45, 7) is 0. The second-order valence-electron chi connectivity index (χ2n) is 5.24. The molecule has 1 atom stereocenters. The summed E-state index contributed by atoms with van der Waals surface area (Å²) in [4.78, 5) is 12.8. The van der Waals surface area contributed by atoms with Gasteiger partial charge in [0.15, 0.2) is 5.78 Å². The summed E-state index contributed by atoms with van der Waals surface area (Å²) >= 11 is 1.45. The molecule has 1 saturated carbocycles. The van der Waals surface area contributed by atoms with Crippen molar-refractivity contribution in [2.45, 2.75) is 31.6 Å². The van der Waals surface area contributed by atoms with Crippen LogP contribution in [0.5, 0.6) is 0 Å². The molecule has 1 unspecified atom stereocenters. The van der Waals surface area contributed by atoms with Crippen LogP contribution in [0.4, 0.5) is 8.78 Å². The average molecular weight is 280 g/mol. The molecule has 0 N–H and O–H groups in total. The van der Waals surface area contributed by atoms with Gasteiger partial charge in [0.2, 0.25) is 5.92 Å². The molecule has 0 spiro atoms. The number of fused-ring (bicyclic) bond motifs is 1. The van der Waals surface area contributed by atoms with Gasteiger partial charge in [0.1, 0.15) is 0 Å². The second kappa shape index (κ2) is 4.67. The lowest BCUT2D eigenvalue weighted by Crippen LogP contribution is -2.11. The van der Waals surface area contributed by atoms with Crippen molar-refractivity contribution < 1.29 is 13.6 Å². The predicted molar refractivity (Wildman–Crippen MR) is 73.1 cm³/mol. The van der Waals surface area contributed by atoms with Gasteiger partial charge in [-0.2, -0.15) is 0 Å². The fourth-order valence-electron chi connectivity index (χ4n) is 2.70. The second-order valence-corrected chi connectivity index (χ2v) is 6.32. The molecular weight excluding hydrogens is 266 g/mol. The number of benzene rings is 1. The van der Waals surface area contributed by atoms with Crippen molar-refractivity contribution in [2.75, 3.05) is 0 Å². The van der Waals surface area contributed by atoms with Crippen molar-refractivity contribution in [3.8, 4) is 0 Å². The minimum Gasteiger partial charge on any atom is -0.293 e. The number of carbonyl (C=O) groups is 1. The Hall–Kier alpha value is -1.29. The van der Waals surface area contributed by atoms with Gasteiger partial charge >= 0.3 is 0 Å². The maximum atomic E-state index is 13.1. The Balaban J connectivity index is 1.74. The van der Waals surface area contributed by atoms with E-state index < -0.39 is 5.92 Å². The molecule has 0 saturated heterocycles. The van der Waals surface area contributed by atoms with Crippen molar-refractivity contribution in [1.29, 1.82) is 0 Å². The third-order valence-corrected chi connectivity index (χ3v) is 4.84. The number of Topliss-reactive ketones (excluding diaryl/α,β-unsaturated/α-hetero) is 1. The van der Waals surface area contributed by atoms with E-state index in [1.54, 1.807) is 0 Å². The van der Waals surface area contributed by atoms with E-state index in [1.165, 1.54) is 11.3 Å². The third kappa shape index (κ3) is 2.68. The van der Waals surface area contributed by atoms with Gasteiger partial charge in [0.25, 0.3) is 0 Å². The quantitative estimate of drug-likeness (QED) is 0.730. The molecule has 2 aromatic rings. The Kier molecular flexibility index (Phi) is 3.13. The van der Waals surface area contributed by atoms with Gasteiger partial charge in [0, 0.05) is 24.0 Å². The van der Waals surface area contributed by atoms with E-state index in [-0.39, 0.29) is 31.0 Å². The number of hydrogen-bond donors (Lipinski definition) is 0. The van der Waals surface area contributed by atoms with Crippen molar-refractivity contribution in [3.63, 3.8) is 0 Å². The molecule has 4 heteroatoms. The van der Waals surface area contributed by atoms with Gasteiger partial charge in [-0.05, 0) is 29.9 Å². The summed E-state index contributed by atoms with van der Waals surface area (Å²) in [6.07, 6.45) is 0.507. The number of rotatable bonds is 3. The smallest absolute Gasteiger partial charge is 0.248 e. The van der Waals surface area contributed by atoms with E-state index in [0.29, 0.717) is 11.3 Å². The van der Waals surface area contributed by atoms with E-state index in [2.05, 4.69) is 0 Å². The van der Waals surface area contributed by atoms with E-state index in [4.69, 9.17) is 0 Å². The summed E-state index contributed by atoms with van der Waals surface area (Å²) in [5, 5.41) is 1.05. The van der Waals surface area contributed by atoms with Crippen LogP contribution in [0.15, 0.2) is 30.3 Å². The molecule has 19 heavy (non-hydrogen) atoms. The molecule has 0 aliphatic heterocycles. The molecule has 100 valence electrons. The van der Waals surface area contributed by atoms with Crippen LogP contribution in [0.2, 0.25) is 0 Å². The van der Waals surface area contributed by atoms with E-state index in [1.807, 2.05) is 30.3 Å². The van der Waals surface area contributed by atoms with Crippen LogP contribution in [0, 0.1) is 5.92 Å². The Morgan fingerprint density at radius 2 is 2.16 bits per heavy atom. The Labute approximate surface area is 114 Å². The van der Waals surface area contributed by atoms with E-state index in [9.17, 15) is 13.6 Å². The van der Waals surface area contributed by atoms with Gasteiger partial charge in [-0.3, -0.25) is 4.79 Å². The van der Waals surface area contributed by atoms with Crippen LogP contribution >= 0.6 is 11.3 Å². The lowest BCUT2D eigenvalue weighted by atomic mass is 10.00. The molecule has 1 aliphatic carbocycles. The summed E-state index contributed by atoms with van der Waals surface area (Å²) in [6, 6.07) is 9.67. The molecule has 1 heterocycles. The molecule has 0 bridgehead atoms. The molecule has 1 aromatic carbocycles. The summed E-state index contributed by atoms with van der Waals surface area (Å²) in [5.74, 6) is -2.72. The molecule has 1 nitrogen and oxygen atoms in total. The zero-order valence-corrected chi connectivity index (χ0v) is 11.2. The highest BCUT2D eigenvalue weighted by Gasteiger charge is 2.40. The van der Waals surface area contributed by atoms with Gasteiger partial charge in [-0.25, -0.2) is 8.78 Å². The number of halogens is 2. The van der Waals surface area contributed by atoms with E-state index in [0.717, 1.165) is 10.1 Å². The predicted octanol–water partition coefficient (Wildman–Crippen LogP) is 4.91. The first-order valence-electron chi connectivity index (χ1n) is 6.43. The van der Waals surface area contributed by atoms with Crippen LogP contribution in [-0.2, 0) is 0 Å². The van der Waals surface area contributed by atoms with Crippen LogP contribution in [0.1, 0.15) is 35.4 Å². The molecule has 1 aromatic heterocycles. The van der Waals surface area contributed by atoms with Crippen molar-refractivity contribution in [1.82, 2.24) is 0 Å². The van der Waals surface area contributed by atoms with Crippen LogP contribution in [0.3, 0.4) is 0 Å². The summed E-state index contributed by atoms with van der Waals surface area (Å²) in [5.41, 5.74) is 0. The lowest BCUT2D eigenvalue weighted by Gasteiger charge is -2.08. The fraction of sp³-hybridized carbons (Fsp3) is 0.400. The number of carbonyl (C=O) groups excluding carboxylic acids is 1. The summed E-state index contributed by atoms with van der Waals surface area (Å²) < 4.78 is 27.3. The molecule has 1 fully saturated rings. The first kappa shape index (κ1) is 12.7. The zero-order chi connectivity index (χ0) is 13.5. The lowest BCUT2D eigenvalue weighted by molar-refractivity contribution is 0.00498. The first-order chi connectivity index (χ1) is 9.03. The van der Waals surface area contributed by atoms with Crippen molar-refractivity contribution >= 4 is 27.2 Å². The Morgan fingerprint density at radius 1 is 1.37 bits per heavy atom. The maximum absolute atomic E-state index is 13.1. The minimum absolute atomic E-state index is 0.00361. The Bertz CT molecular complexity index is 584. The number of hydrogen-bond acceptors (Lipinski definition) is 2. The highest BCUT2D eigenvalue weighted by molar-refractivity contribution is 7.20. The van der Waals surface area contributed by atoms with E-state index >= 15 is 0 Å². The highest BCUT2D eigenvalue weighted by Crippen LogP contribution is 2.41. The number of thiophene rings is 1. The van der Waals surface area contributed by atoms with Crippen LogP contribution < -0.4 is 0 Å². The molecule has 0 radical (unpaired) electrons. The monoisotopic (exact) mass is 280 g/mol. The van der Waals surface area contributed by atoms with Gasteiger partial charge in [0.05, 0.1) is 4.88 Å². The number of ketones is 1. The van der Waals surface area contributed by atoms with Crippen LogP contribution in [0.25, 0.3) is 10.1 Å². The molecule has 0 amide bonds.